The van der Waals surface area contributed by atoms with Crippen molar-refractivity contribution in [1.29, 1.82) is 5.41 Å². The lowest BCUT2D eigenvalue weighted by atomic mass is 9.88. The summed E-state index contributed by atoms with van der Waals surface area (Å²) in [5, 5.41) is 16.3. The highest BCUT2D eigenvalue weighted by atomic mass is 16.5. The molecule has 0 aliphatic carbocycles. The summed E-state index contributed by atoms with van der Waals surface area (Å²) in [6, 6.07) is 7.68. The zero-order valence-electron chi connectivity index (χ0n) is 11.1. The van der Waals surface area contributed by atoms with Crippen molar-refractivity contribution in [2.75, 3.05) is 13.2 Å². The summed E-state index contributed by atoms with van der Waals surface area (Å²) in [7, 11) is 0. The van der Waals surface area contributed by atoms with Crippen LogP contribution in [0.25, 0.3) is 0 Å². The molecule has 1 aromatic carbocycles. The molecule has 100 valence electrons. The number of hydrogen-bond donors (Lipinski definition) is 3. The van der Waals surface area contributed by atoms with E-state index in [0.29, 0.717) is 19.4 Å². The standard InChI is InChI=1S/C14H22N2O2/c1-14(2,13(15)16)8-10-18-12-5-3-11(4-6-12)7-9-17/h3-6,17H,7-10H2,1-2H3,(H3,15,16). The maximum absolute atomic E-state index is 8.81. The molecule has 0 saturated heterocycles. The Labute approximate surface area is 108 Å². The topological polar surface area (TPSA) is 79.3 Å². The van der Waals surface area contributed by atoms with Crippen molar-refractivity contribution in [3.8, 4) is 5.75 Å². The predicted molar refractivity (Wildman–Crippen MR) is 73.0 cm³/mol. The molecule has 0 atom stereocenters. The molecule has 0 aliphatic rings. The second kappa shape index (κ2) is 6.40. The first kappa shape index (κ1) is 14.5. The van der Waals surface area contributed by atoms with Gasteiger partial charge in [0.15, 0.2) is 0 Å². The molecule has 0 radical (unpaired) electrons. The van der Waals surface area contributed by atoms with Crippen LogP contribution in [-0.4, -0.2) is 24.2 Å². The Morgan fingerprint density at radius 3 is 2.44 bits per heavy atom. The molecule has 0 aromatic heterocycles. The van der Waals surface area contributed by atoms with E-state index >= 15 is 0 Å². The number of benzene rings is 1. The van der Waals surface area contributed by atoms with E-state index in [9.17, 15) is 0 Å². The van der Waals surface area contributed by atoms with Crippen LogP contribution in [0.3, 0.4) is 0 Å². The van der Waals surface area contributed by atoms with E-state index in [-0.39, 0.29) is 17.9 Å². The number of aliphatic hydroxyl groups is 1. The molecule has 0 aliphatic heterocycles. The second-order valence-electron chi connectivity index (χ2n) is 5.01. The fourth-order valence-corrected chi connectivity index (χ4v) is 1.44. The highest BCUT2D eigenvalue weighted by Gasteiger charge is 2.21. The predicted octanol–water partition coefficient (Wildman–Crippen LogP) is 1.95. The van der Waals surface area contributed by atoms with Crippen molar-refractivity contribution < 1.29 is 9.84 Å². The molecular formula is C14H22N2O2. The van der Waals surface area contributed by atoms with Gasteiger partial charge in [-0.2, -0.15) is 0 Å². The summed E-state index contributed by atoms with van der Waals surface area (Å²) >= 11 is 0. The molecule has 0 spiro atoms. The van der Waals surface area contributed by atoms with Gasteiger partial charge in [-0.05, 0) is 30.5 Å². The van der Waals surface area contributed by atoms with Crippen molar-refractivity contribution in [2.24, 2.45) is 11.1 Å². The quantitative estimate of drug-likeness (QED) is 0.511. The highest BCUT2D eigenvalue weighted by Crippen LogP contribution is 2.20. The number of hydrogen-bond acceptors (Lipinski definition) is 3. The Balaban J connectivity index is 2.42. The minimum absolute atomic E-state index is 0.160. The van der Waals surface area contributed by atoms with Gasteiger partial charge in [0.1, 0.15) is 5.75 Å². The van der Waals surface area contributed by atoms with Crippen LogP contribution in [0, 0.1) is 10.8 Å². The third-order valence-corrected chi connectivity index (χ3v) is 3.05. The Morgan fingerprint density at radius 2 is 1.94 bits per heavy atom. The molecule has 4 nitrogen and oxygen atoms in total. The first-order valence-electron chi connectivity index (χ1n) is 6.13. The molecule has 1 aromatic rings. The van der Waals surface area contributed by atoms with Crippen LogP contribution in [-0.2, 0) is 6.42 Å². The Bertz CT molecular complexity index is 385. The van der Waals surface area contributed by atoms with Crippen molar-refractivity contribution in [2.45, 2.75) is 26.7 Å². The van der Waals surface area contributed by atoms with Crippen LogP contribution in [0.2, 0.25) is 0 Å². The molecule has 0 fully saturated rings. The number of amidine groups is 1. The summed E-state index contributed by atoms with van der Waals surface area (Å²) in [5.41, 5.74) is 6.28. The van der Waals surface area contributed by atoms with E-state index < -0.39 is 0 Å². The van der Waals surface area contributed by atoms with Crippen molar-refractivity contribution in [3.63, 3.8) is 0 Å². The van der Waals surface area contributed by atoms with E-state index in [1.165, 1.54) is 0 Å². The minimum atomic E-state index is -0.323. The third-order valence-electron chi connectivity index (χ3n) is 3.05. The van der Waals surface area contributed by atoms with Gasteiger partial charge in [-0.1, -0.05) is 26.0 Å². The Morgan fingerprint density at radius 1 is 1.33 bits per heavy atom. The van der Waals surface area contributed by atoms with Gasteiger partial charge in [0.25, 0.3) is 0 Å². The summed E-state index contributed by atoms with van der Waals surface area (Å²) < 4.78 is 5.61. The van der Waals surface area contributed by atoms with Gasteiger partial charge in [0, 0.05) is 12.0 Å². The number of nitrogens with one attached hydrogen (secondary N) is 1. The van der Waals surface area contributed by atoms with Crippen LogP contribution in [0.1, 0.15) is 25.8 Å². The van der Waals surface area contributed by atoms with Crippen LogP contribution in [0.4, 0.5) is 0 Å². The van der Waals surface area contributed by atoms with Gasteiger partial charge in [-0.15, -0.1) is 0 Å². The van der Waals surface area contributed by atoms with Gasteiger partial charge < -0.3 is 15.6 Å². The summed E-state index contributed by atoms with van der Waals surface area (Å²) in [5.74, 6) is 0.987. The monoisotopic (exact) mass is 250 g/mol. The molecule has 0 amide bonds. The lowest BCUT2D eigenvalue weighted by molar-refractivity contribution is 0.268. The molecule has 4 N–H and O–H groups in total. The summed E-state index contributed by atoms with van der Waals surface area (Å²) in [4.78, 5) is 0. The highest BCUT2D eigenvalue weighted by molar-refractivity contribution is 5.82. The third kappa shape index (κ3) is 4.37. The van der Waals surface area contributed by atoms with Crippen molar-refractivity contribution >= 4 is 5.84 Å². The van der Waals surface area contributed by atoms with Crippen molar-refractivity contribution in [1.82, 2.24) is 0 Å². The molecule has 0 heterocycles. The lowest BCUT2D eigenvalue weighted by Crippen LogP contribution is -2.32. The fraction of sp³-hybridized carbons (Fsp3) is 0.500. The van der Waals surface area contributed by atoms with Gasteiger partial charge in [-0.3, -0.25) is 5.41 Å². The van der Waals surface area contributed by atoms with Crippen LogP contribution < -0.4 is 10.5 Å². The van der Waals surface area contributed by atoms with Gasteiger partial charge >= 0.3 is 0 Å². The van der Waals surface area contributed by atoms with Crippen LogP contribution >= 0.6 is 0 Å². The average Bonchev–Trinajstić information content (AvgIpc) is 2.31. The molecule has 18 heavy (non-hydrogen) atoms. The summed E-state index contributed by atoms with van der Waals surface area (Å²) in [6.45, 7) is 4.56. The maximum atomic E-state index is 8.81. The largest absolute Gasteiger partial charge is 0.494 e. The Kier molecular flexibility index (Phi) is 5.16. The fourth-order valence-electron chi connectivity index (χ4n) is 1.44. The molecule has 0 unspecified atom stereocenters. The maximum Gasteiger partial charge on any atom is 0.119 e. The van der Waals surface area contributed by atoms with E-state index in [1.807, 2.05) is 38.1 Å². The van der Waals surface area contributed by atoms with E-state index in [0.717, 1.165) is 11.3 Å². The summed E-state index contributed by atoms with van der Waals surface area (Å²) in [6.07, 6.45) is 1.37. The first-order valence-corrected chi connectivity index (χ1v) is 6.13. The SMILES string of the molecule is CC(C)(CCOc1ccc(CCO)cc1)C(=N)N. The zero-order chi connectivity index (χ0) is 13.6. The molecule has 0 bridgehead atoms. The van der Waals surface area contributed by atoms with Crippen LogP contribution in [0.5, 0.6) is 5.75 Å². The first-order chi connectivity index (χ1) is 8.45. The molecule has 1 rings (SSSR count). The van der Waals surface area contributed by atoms with Gasteiger partial charge in [0.2, 0.25) is 0 Å². The number of aliphatic hydroxyl groups excluding tert-OH is 1. The minimum Gasteiger partial charge on any atom is -0.494 e. The van der Waals surface area contributed by atoms with E-state index in [4.69, 9.17) is 21.0 Å². The van der Waals surface area contributed by atoms with Gasteiger partial charge in [0.05, 0.1) is 12.4 Å². The zero-order valence-corrected chi connectivity index (χ0v) is 11.1. The second-order valence-corrected chi connectivity index (χ2v) is 5.01. The van der Waals surface area contributed by atoms with E-state index in [1.54, 1.807) is 0 Å². The number of rotatable bonds is 7. The molecule has 4 heteroatoms. The number of ether oxygens (including phenoxy) is 1. The lowest BCUT2D eigenvalue weighted by Gasteiger charge is -2.22. The molecule has 0 saturated carbocycles. The average molecular weight is 250 g/mol. The normalized spacial score (nSPS) is 11.3. The molecular weight excluding hydrogens is 228 g/mol. The van der Waals surface area contributed by atoms with Crippen molar-refractivity contribution in [3.05, 3.63) is 29.8 Å². The smallest absolute Gasteiger partial charge is 0.119 e. The van der Waals surface area contributed by atoms with Crippen LogP contribution in [0.15, 0.2) is 24.3 Å². The van der Waals surface area contributed by atoms with Gasteiger partial charge in [-0.25, -0.2) is 0 Å². The number of nitrogens with two attached hydrogens (primary N) is 1. The van der Waals surface area contributed by atoms with E-state index in [2.05, 4.69) is 0 Å². The Hall–Kier alpha value is -1.55.